The summed E-state index contributed by atoms with van der Waals surface area (Å²) in [6, 6.07) is 14.8. The minimum absolute atomic E-state index is 0.0973. The molecule has 0 aliphatic heterocycles. The maximum Gasteiger partial charge on any atom is 0.232 e. The number of amides is 1. The number of halogens is 1. The summed E-state index contributed by atoms with van der Waals surface area (Å²) in [7, 11) is -3.48. The first-order valence-electron chi connectivity index (χ1n) is 8.77. The first kappa shape index (κ1) is 21.3. The molecule has 0 saturated carbocycles. The van der Waals surface area contributed by atoms with Crippen LogP contribution in [0.4, 0.5) is 5.69 Å². The summed E-state index contributed by atoms with van der Waals surface area (Å²) in [5.74, 6) is -0.109. The molecule has 0 radical (unpaired) electrons. The number of carbonyl (C=O) groups excluding carboxylic acids is 1. The molecule has 0 unspecified atom stereocenters. The van der Waals surface area contributed by atoms with Crippen LogP contribution >= 0.6 is 11.6 Å². The highest BCUT2D eigenvalue weighted by Gasteiger charge is 2.20. The predicted octanol–water partition coefficient (Wildman–Crippen LogP) is 4.07. The second-order valence-corrected chi connectivity index (χ2v) is 8.84. The molecule has 0 aliphatic carbocycles. The summed E-state index contributed by atoms with van der Waals surface area (Å²) < 4.78 is 25.7. The van der Waals surface area contributed by atoms with Gasteiger partial charge in [0.05, 0.1) is 18.0 Å². The van der Waals surface area contributed by atoms with Crippen molar-refractivity contribution in [2.75, 3.05) is 17.1 Å². The van der Waals surface area contributed by atoms with E-state index in [1.54, 1.807) is 25.1 Å². The van der Waals surface area contributed by atoms with Crippen LogP contribution in [-0.4, -0.2) is 27.1 Å². The van der Waals surface area contributed by atoms with E-state index in [0.717, 1.165) is 11.8 Å². The zero-order valence-corrected chi connectivity index (χ0v) is 17.3. The van der Waals surface area contributed by atoms with Crippen molar-refractivity contribution in [1.82, 2.24) is 5.32 Å². The fourth-order valence-corrected chi connectivity index (χ4v) is 4.04. The number of nitrogens with one attached hydrogen (secondary N) is 1. The molecule has 27 heavy (non-hydrogen) atoms. The van der Waals surface area contributed by atoms with Crippen LogP contribution in [0, 0.1) is 6.92 Å². The van der Waals surface area contributed by atoms with E-state index < -0.39 is 10.0 Å². The lowest BCUT2D eigenvalue weighted by atomic mass is 10.1. The summed E-state index contributed by atoms with van der Waals surface area (Å²) in [5, 5.41) is 3.45. The lowest BCUT2D eigenvalue weighted by Crippen LogP contribution is -2.33. The molecule has 1 N–H and O–H groups in total. The van der Waals surface area contributed by atoms with E-state index in [2.05, 4.69) is 5.32 Å². The largest absolute Gasteiger partial charge is 0.350 e. The fraction of sp³-hybridized carbons (Fsp3) is 0.350. The third-order valence-electron chi connectivity index (χ3n) is 4.35. The normalized spacial score (nSPS) is 12.4. The van der Waals surface area contributed by atoms with Gasteiger partial charge in [0.2, 0.25) is 15.9 Å². The number of hydrogen-bond donors (Lipinski definition) is 1. The molecular weight excluding hydrogens is 384 g/mol. The van der Waals surface area contributed by atoms with Gasteiger partial charge >= 0.3 is 0 Å². The number of rotatable bonds is 8. The Labute approximate surface area is 166 Å². The van der Waals surface area contributed by atoms with Gasteiger partial charge < -0.3 is 5.32 Å². The van der Waals surface area contributed by atoms with Crippen LogP contribution in [0.3, 0.4) is 0 Å². The van der Waals surface area contributed by atoms with Crippen LogP contribution in [-0.2, 0) is 14.8 Å². The van der Waals surface area contributed by atoms with Crippen molar-refractivity contribution in [3.05, 3.63) is 64.7 Å². The number of hydrogen-bond acceptors (Lipinski definition) is 3. The number of benzene rings is 2. The van der Waals surface area contributed by atoms with Gasteiger partial charge in [0.25, 0.3) is 0 Å². The standard InChI is InChI=1S/C20H25ClN2O3S/c1-15-18(21)11-7-12-19(15)23(27(3,25)26)14-8-13-20(24)22-16(2)17-9-5-4-6-10-17/h4-7,9-12,16H,8,13-14H2,1-3H3,(H,22,24)/t16-/m0/s1. The smallest absolute Gasteiger partial charge is 0.232 e. The molecule has 146 valence electrons. The van der Waals surface area contributed by atoms with Crippen molar-refractivity contribution in [2.45, 2.75) is 32.7 Å². The number of anilines is 1. The second-order valence-electron chi connectivity index (χ2n) is 6.52. The highest BCUT2D eigenvalue weighted by molar-refractivity contribution is 7.92. The van der Waals surface area contributed by atoms with Crippen LogP contribution in [0.1, 0.15) is 36.9 Å². The lowest BCUT2D eigenvalue weighted by molar-refractivity contribution is -0.121. The van der Waals surface area contributed by atoms with Gasteiger partial charge in [0.15, 0.2) is 0 Å². The molecule has 1 atom stereocenters. The van der Waals surface area contributed by atoms with Crippen LogP contribution in [0.15, 0.2) is 48.5 Å². The van der Waals surface area contributed by atoms with Gasteiger partial charge in [-0.25, -0.2) is 8.42 Å². The molecule has 0 spiro atoms. The van der Waals surface area contributed by atoms with E-state index in [1.807, 2.05) is 37.3 Å². The molecule has 1 amide bonds. The van der Waals surface area contributed by atoms with Gasteiger partial charge in [0.1, 0.15) is 0 Å². The van der Waals surface area contributed by atoms with E-state index in [9.17, 15) is 13.2 Å². The van der Waals surface area contributed by atoms with E-state index in [-0.39, 0.29) is 24.9 Å². The Morgan fingerprint density at radius 2 is 1.81 bits per heavy atom. The Kier molecular flexibility index (Phi) is 7.27. The summed E-state index contributed by atoms with van der Waals surface area (Å²) in [6.45, 7) is 3.92. The Morgan fingerprint density at radius 1 is 1.15 bits per heavy atom. The second kappa shape index (κ2) is 9.24. The molecule has 0 aromatic heterocycles. The monoisotopic (exact) mass is 408 g/mol. The van der Waals surface area contributed by atoms with Gasteiger partial charge in [-0.05, 0) is 43.5 Å². The number of sulfonamides is 1. The summed E-state index contributed by atoms with van der Waals surface area (Å²) in [4.78, 5) is 12.2. The van der Waals surface area contributed by atoms with Crippen molar-refractivity contribution < 1.29 is 13.2 Å². The van der Waals surface area contributed by atoms with Gasteiger partial charge in [-0.3, -0.25) is 9.10 Å². The SMILES string of the molecule is Cc1c(Cl)cccc1N(CCCC(=O)N[C@@H](C)c1ccccc1)S(C)(=O)=O. The molecular formula is C20H25ClN2O3S. The van der Waals surface area contributed by atoms with Crippen LogP contribution in [0.25, 0.3) is 0 Å². The first-order chi connectivity index (χ1) is 12.7. The number of nitrogens with zero attached hydrogens (tertiary/aromatic N) is 1. The van der Waals surface area contributed by atoms with Crippen LogP contribution < -0.4 is 9.62 Å². The molecule has 2 aromatic carbocycles. The Morgan fingerprint density at radius 3 is 2.44 bits per heavy atom. The van der Waals surface area contributed by atoms with E-state index in [1.165, 1.54) is 4.31 Å². The quantitative estimate of drug-likeness (QED) is 0.715. The average molecular weight is 409 g/mol. The lowest BCUT2D eigenvalue weighted by Gasteiger charge is -2.24. The molecule has 0 heterocycles. The minimum Gasteiger partial charge on any atom is -0.350 e. The predicted molar refractivity (Wildman–Crippen MR) is 111 cm³/mol. The zero-order valence-electron chi connectivity index (χ0n) is 15.8. The summed E-state index contributed by atoms with van der Waals surface area (Å²) in [6.07, 6.45) is 1.81. The van der Waals surface area contributed by atoms with E-state index >= 15 is 0 Å². The molecule has 0 saturated heterocycles. The van der Waals surface area contributed by atoms with Crippen molar-refractivity contribution >= 4 is 33.2 Å². The van der Waals surface area contributed by atoms with Crippen molar-refractivity contribution in [3.8, 4) is 0 Å². The van der Waals surface area contributed by atoms with Crippen LogP contribution in [0.2, 0.25) is 5.02 Å². The first-order valence-corrected chi connectivity index (χ1v) is 11.0. The molecule has 0 fully saturated rings. The van der Waals surface area contributed by atoms with Gasteiger partial charge in [-0.1, -0.05) is 48.0 Å². The third-order valence-corrected chi connectivity index (χ3v) is 5.94. The van der Waals surface area contributed by atoms with Crippen molar-refractivity contribution in [1.29, 1.82) is 0 Å². The van der Waals surface area contributed by atoms with Gasteiger partial charge in [0, 0.05) is 18.0 Å². The molecule has 2 aromatic rings. The summed E-state index contributed by atoms with van der Waals surface area (Å²) >= 11 is 6.12. The van der Waals surface area contributed by atoms with Crippen molar-refractivity contribution in [3.63, 3.8) is 0 Å². The van der Waals surface area contributed by atoms with Crippen LogP contribution in [0.5, 0.6) is 0 Å². The van der Waals surface area contributed by atoms with Gasteiger partial charge in [-0.2, -0.15) is 0 Å². The third kappa shape index (κ3) is 5.97. The molecule has 7 heteroatoms. The minimum atomic E-state index is -3.48. The Bertz CT molecular complexity index is 885. The maximum atomic E-state index is 12.2. The topological polar surface area (TPSA) is 66.5 Å². The summed E-state index contributed by atoms with van der Waals surface area (Å²) in [5.41, 5.74) is 2.27. The molecule has 0 aliphatic rings. The van der Waals surface area contributed by atoms with E-state index in [4.69, 9.17) is 11.6 Å². The van der Waals surface area contributed by atoms with Gasteiger partial charge in [-0.15, -0.1) is 0 Å². The maximum absolute atomic E-state index is 12.2. The Balaban J connectivity index is 1.98. The Hall–Kier alpha value is -2.05. The van der Waals surface area contributed by atoms with Crippen molar-refractivity contribution in [2.24, 2.45) is 0 Å². The molecule has 2 rings (SSSR count). The average Bonchev–Trinajstić information content (AvgIpc) is 2.61. The van der Waals surface area contributed by atoms with E-state index in [0.29, 0.717) is 22.7 Å². The highest BCUT2D eigenvalue weighted by Crippen LogP contribution is 2.28. The zero-order chi connectivity index (χ0) is 20.0. The molecule has 5 nitrogen and oxygen atoms in total. The molecule has 0 bridgehead atoms. The number of carbonyl (C=O) groups is 1. The fourth-order valence-electron chi connectivity index (χ4n) is 2.85. The highest BCUT2D eigenvalue weighted by atomic mass is 35.5.